The van der Waals surface area contributed by atoms with E-state index < -0.39 is 0 Å². The van der Waals surface area contributed by atoms with Gasteiger partial charge in [-0.3, -0.25) is 4.90 Å². The molecule has 1 heterocycles. The first-order chi connectivity index (χ1) is 12.5. The van der Waals surface area contributed by atoms with Gasteiger partial charge in [-0.05, 0) is 61.2 Å². The zero-order valence-corrected chi connectivity index (χ0v) is 16.6. The van der Waals surface area contributed by atoms with Crippen LogP contribution in [-0.4, -0.2) is 33.4 Å². The van der Waals surface area contributed by atoms with E-state index in [0.29, 0.717) is 16.5 Å². The molecule has 0 aliphatic heterocycles. The molecule has 0 saturated heterocycles. The second kappa shape index (κ2) is 8.03. The lowest BCUT2D eigenvalue weighted by Crippen LogP contribution is -2.22. The van der Waals surface area contributed by atoms with Crippen LogP contribution in [0.3, 0.4) is 0 Å². The molecular weight excluding hydrogens is 368 g/mol. The monoisotopic (exact) mass is 388 g/mol. The predicted molar refractivity (Wildman–Crippen MR) is 107 cm³/mol. The number of methoxy groups -OCH3 is 1. The number of ether oxygens (including phenoxy) is 1. The maximum absolute atomic E-state index is 5.97. The molecule has 0 amide bonds. The molecule has 0 aliphatic carbocycles. The molecule has 0 N–H and O–H groups in total. The number of hydrogen-bond donors (Lipinski definition) is 0. The van der Waals surface area contributed by atoms with E-state index in [4.69, 9.17) is 28.6 Å². The summed E-state index contributed by atoms with van der Waals surface area (Å²) in [5, 5.41) is 5.39. The molecule has 0 radical (unpaired) electrons. The summed E-state index contributed by atoms with van der Waals surface area (Å²) in [5.74, 6) is 1.68. The van der Waals surface area contributed by atoms with Crippen molar-refractivity contribution in [2.24, 2.45) is 7.05 Å². The largest absolute Gasteiger partial charge is 0.497 e. The normalized spacial score (nSPS) is 11.1. The quantitative estimate of drug-likeness (QED) is 0.587. The summed E-state index contributed by atoms with van der Waals surface area (Å²) in [7, 11) is 5.64. The third-order valence-electron chi connectivity index (χ3n) is 4.13. The van der Waals surface area contributed by atoms with Crippen molar-refractivity contribution in [1.82, 2.24) is 19.2 Å². The molecule has 0 unspecified atom stereocenters. The highest BCUT2D eigenvalue weighted by Gasteiger charge is 2.11. The first-order valence-corrected chi connectivity index (χ1v) is 8.98. The van der Waals surface area contributed by atoms with Crippen molar-refractivity contribution in [1.29, 1.82) is 0 Å². The standard InChI is InChI=1S/C19H21ClN4OS/c1-22(12-14-4-10-17(25-3)11-5-14)13-24-19(26)23(2)18(21-24)15-6-8-16(20)9-7-15/h4-11H,12-13H2,1-3H3. The van der Waals surface area contributed by atoms with Gasteiger partial charge < -0.3 is 9.30 Å². The summed E-state index contributed by atoms with van der Waals surface area (Å²) in [6.07, 6.45) is 0. The molecule has 136 valence electrons. The van der Waals surface area contributed by atoms with E-state index in [1.54, 1.807) is 7.11 Å². The van der Waals surface area contributed by atoms with Crippen molar-refractivity contribution < 1.29 is 4.74 Å². The SMILES string of the molecule is COc1ccc(CN(C)Cn2nc(-c3ccc(Cl)cc3)n(C)c2=S)cc1. The van der Waals surface area contributed by atoms with E-state index in [1.807, 2.05) is 59.7 Å². The fraction of sp³-hybridized carbons (Fsp3) is 0.263. The highest BCUT2D eigenvalue weighted by Crippen LogP contribution is 2.20. The van der Waals surface area contributed by atoms with Crippen molar-refractivity contribution in [3.8, 4) is 17.1 Å². The average Bonchev–Trinajstić information content (AvgIpc) is 2.91. The molecule has 0 fully saturated rings. The lowest BCUT2D eigenvalue weighted by atomic mass is 10.2. The topological polar surface area (TPSA) is 35.2 Å². The Morgan fingerprint density at radius 3 is 2.38 bits per heavy atom. The highest BCUT2D eigenvalue weighted by molar-refractivity contribution is 7.71. The summed E-state index contributed by atoms with van der Waals surface area (Å²) in [6.45, 7) is 1.39. The summed E-state index contributed by atoms with van der Waals surface area (Å²) < 4.78 is 9.63. The molecule has 26 heavy (non-hydrogen) atoms. The van der Waals surface area contributed by atoms with Gasteiger partial charge in [0.05, 0.1) is 13.8 Å². The van der Waals surface area contributed by atoms with Crippen LogP contribution in [0.25, 0.3) is 11.4 Å². The van der Waals surface area contributed by atoms with Gasteiger partial charge in [-0.25, -0.2) is 4.68 Å². The van der Waals surface area contributed by atoms with Crippen LogP contribution in [0.4, 0.5) is 0 Å². The second-order valence-electron chi connectivity index (χ2n) is 6.18. The summed E-state index contributed by atoms with van der Waals surface area (Å²) >= 11 is 11.5. The van der Waals surface area contributed by atoms with Crippen LogP contribution >= 0.6 is 23.8 Å². The van der Waals surface area contributed by atoms with Crippen LogP contribution in [0, 0.1) is 4.77 Å². The Morgan fingerprint density at radius 1 is 1.12 bits per heavy atom. The summed E-state index contributed by atoms with van der Waals surface area (Å²) in [5.41, 5.74) is 2.19. The minimum absolute atomic E-state index is 0.603. The molecule has 0 bridgehead atoms. The minimum atomic E-state index is 0.603. The number of nitrogens with zero attached hydrogens (tertiary/aromatic N) is 4. The molecule has 7 heteroatoms. The van der Waals surface area contributed by atoms with Gasteiger partial charge in [0.1, 0.15) is 5.75 Å². The minimum Gasteiger partial charge on any atom is -0.497 e. The average molecular weight is 389 g/mol. The maximum atomic E-state index is 5.97. The number of benzene rings is 2. The van der Waals surface area contributed by atoms with Crippen LogP contribution in [0.15, 0.2) is 48.5 Å². The third-order valence-corrected chi connectivity index (χ3v) is 4.87. The molecule has 3 rings (SSSR count). The number of rotatable bonds is 6. The first kappa shape index (κ1) is 18.6. The van der Waals surface area contributed by atoms with E-state index in [0.717, 1.165) is 23.7 Å². The third kappa shape index (κ3) is 4.15. The molecule has 0 aliphatic rings. The van der Waals surface area contributed by atoms with Crippen molar-refractivity contribution in [3.05, 3.63) is 63.9 Å². The van der Waals surface area contributed by atoms with E-state index in [2.05, 4.69) is 22.1 Å². The Balaban J connectivity index is 1.75. The number of hydrogen-bond acceptors (Lipinski definition) is 4. The smallest absolute Gasteiger partial charge is 0.199 e. The van der Waals surface area contributed by atoms with Gasteiger partial charge in [0.2, 0.25) is 0 Å². The number of aromatic nitrogens is 3. The molecule has 0 atom stereocenters. The predicted octanol–water partition coefficient (Wildman–Crippen LogP) is 4.37. The van der Waals surface area contributed by atoms with Crippen molar-refractivity contribution in [2.45, 2.75) is 13.2 Å². The van der Waals surface area contributed by atoms with E-state index in [9.17, 15) is 0 Å². The highest BCUT2D eigenvalue weighted by atomic mass is 35.5. The maximum Gasteiger partial charge on any atom is 0.199 e. The Hall–Kier alpha value is -2.15. The van der Waals surface area contributed by atoms with Crippen LogP contribution in [-0.2, 0) is 20.3 Å². The van der Waals surface area contributed by atoms with Gasteiger partial charge in [-0.15, -0.1) is 0 Å². The lowest BCUT2D eigenvalue weighted by Gasteiger charge is -2.16. The van der Waals surface area contributed by atoms with Crippen LogP contribution < -0.4 is 4.74 Å². The van der Waals surface area contributed by atoms with Crippen molar-refractivity contribution in [3.63, 3.8) is 0 Å². The molecular formula is C19H21ClN4OS. The van der Waals surface area contributed by atoms with Gasteiger partial charge in [0.15, 0.2) is 10.6 Å². The second-order valence-corrected chi connectivity index (χ2v) is 6.98. The zero-order valence-electron chi connectivity index (χ0n) is 15.0. The summed E-state index contributed by atoms with van der Waals surface area (Å²) in [6, 6.07) is 15.7. The molecule has 3 aromatic rings. The molecule has 1 aromatic heterocycles. The molecule has 5 nitrogen and oxygen atoms in total. The van der Waals surface area contributed by atoms with E-state index in [1.165, 1.54) is 5.56 Å². The first-order valence-electron chi connectivity index (χ1n) is 8.19. The molecule has 0 saturated carbocycles. The Labute approximate surface area is 163 Å². The van der Waals surface area contributed by atoms with Crippen LogP contribution in [0.5, 0.6) is 5.75 Å². The zero-order chi connectivity index (χ0) is 18.7. The Bertz CT molecular complexity index is 932. The lowest BCUT2D eigenvalue weighted by molar-refractivity contribution is 0.244. The van der Waals surface area contributed by atoms with Crippen molar-refractivity contribution >= 4 is 23.8 Å². The molecule has 2 aromatic carbocycles. The van der Waals surface area contributed by atoms with Crippen LogP contribution in [0.2, 0.25) is 5.02 Å². The fourth-order valence-electron chi connectivity index (χ4n) is 2.75. The summed E-state index contributed by atoms with van der Waals surface area (Å²) in [4.78, 5) is 2.16. The van der Waals surface area contributed by atoms with Gasteiger partial charge >= 0.3 is 0 Å². The van der Waals surface area contributed by atoms with E-state index in [-0.39, 0.29) is 0 Å². The van der Waals surface area contributed by atoms with E-state index >= 15 is 0 Å². The fourth-order valence-corrected chi connectivity index (χ4v) is 3.06. The van der Waals surface area contributed by atoms with Gasteiger partial charge in [-0.1, -0.05) is 23.7 Å². The van der Waals surface area contributed by atoms with Crippen LogP contribution in [0.1, 0.15) is 5.56 Å². The van der Waals surface area contributed by atoms with Gasteiger partial charge in [0, 0.05) is 24.2 Å². The Morgan fingerprint density at radius 2 is 1.77 bits per heavy atom. The van der Waals surface area contributed by atoms with Crippen molar-refractivity contribution in [2.75, 3.05) is 14.2 Å². The molecule has 0 spiro atoms. The van der Waals surface area contributed by atoms with Gasteiger partial charge in [-0.2, -0.15) is 5.10 Å². The number of halogens is 1. The Kier molecular flexibility index (Phi) is 5.76. The van der Waals surface area contributed by atoms with Gasteiger partial charge in [0.25, 0.3) is 0 Å².